The monoisotopic (exact) mass is 327 g/mol. The molecule has 1 aromatic rings. The zero-order valence-corrected chi connectivity index (χ0v) is 12.6. The van der Waals surface area contributed by atoms with Gasteiger partial charge in [0.1, 0.15) is 0 Å². The highest BCUT2D eigenvalue weighted by Gasteiger charge is 2.47. The fraction of sp³-hybridized carbons (Fsp3) is 0.588. The summed E-state index contributed by atoms with van der Waals surface area (Å²) in [4.78, 5) is 12.2. The minimum Gasteiger partial charge on any atom is -0.396 e. The lowest BCUT2D eigenvalue weighted by atomic mass is 9.85. The number of rotatable bonds is 4. The first-order valence-corrected chi connectivity index (χ1v) is 7.95. The predicted molar refractivity (Wildman–Crippen MR) is 78.5 cm³/mol. The van der Waals surface area contributed by atoms with Crippen LogP contribution in [0.3, 0.4) is 0 Å². The molecule has 23 heavy (non-hydrogen) atoms. The second-order valence-corrected chi connectivity index (χ2v) is 6.64. The fourth-order valence-corrected chi connectivity index (χ4v) is 4.13. The zero-order chi connectivity index (χ0) is 16.6. The van der Waals surface area contributed by atoms with E-state index in [1.807, 2.05) is 0 Å². The van der Waals surface area contributed by atoms with Crippen LogP contribution in [0.2, 0.25) is 0 Å². The summed E-state index contributed by atoms with van der Waals surface area (Å²) in [6.45, 7) is 0.0758. The zero-order valence-electron chi connectivity index (χ0n) is 12.6. The SMILES string of the molecule is O=C(Cc1ccc(C(F)(F)F)cc1)NC1C2CCC(C2)C1CO. The Morgan fingerprint density at radius 3 is 2.43 bits per heavy atom. The van der Waals surface area contributed by atoms with Gasteiger partial charge in [-0.25, -0.2) is 0 Å². The van der Waals surface area contributed by atoms with Crippen LogP contribution in [0.4, 0.5) is 13.2 Å². The molecule has 0 aliphatic heterocycles. The van der Waals surface area contributed by atoms with Crippen molar-refractivity contribution >= 4 is 5.91 Å². The van der Waals surface area contributed by atoms with Gasteiger partial charge in [0.25, 0.3) is 0 Å². The Bertz CT molecular complexity index is 570. The van der Waals surface area contributed by atoms with E-state index in [-0.39, 0.29) is 30.9 Å². The third-order valence-electron chi connectivity index (χ3n) is 5.27. The molecule has 2 N–H and O–H groups in total. The number of carbonyl (C=O) groups is 1. The minimum atomic E-state index is -4.36. The number of hydrogen-bond donors (Lipinski definition) is 2. The van der Waals surface area contributed by atoms with Crippen molar-refractivity contribution in [3.8, 4) is 0 Å². The Morgan fingerprint density at radius 1 is 1.17 bits per heavy atom. The Morgan fingerprint density at radius 2 is 1.83 bits per heavy atom. The fourth-order valence-electron chi connectivity index (χ4n) is 4.13. The van der Waals surface area contributed by atoms with Gasteiger partial charge in [-0.2, -0.15) is 13.2 Å². The molecule has 2 fully saturated rings. The lowest BCUT2D eigenvalue weighted by Gasteiger charge is -2.30. The molecular weight excluding hydrogens is 307 g/mol. The molecule has 0 spiro atoms. The first kappa shape index (κ1) is 16.3. The van der Waals surface area contributed by atoms with Gasteiger partial charge in [-0.15, -0.1) is 0 Å². The number of benzene rings is 1. The van der Waals surface area contributed by atoms with Crippen LogP contribution in [0.1, 0.15) is 30.4 Å². The molecule has 0 aromatic heterocycles. The third kappa shape index (κ3) is 3.37. The van der Waals surface area contributed by atoms with Crippen molar-refractivity contribution in [3.05, 3.63) is 35.4 Å². The summed E-state index contributed by atoms with van der Waals surface area (Å²) in [6.07, 6.45) is -1.06. The summed E-state index contributed by atoms with van der Waals surface area (Å²) in [5.74, 6) is 0.834. The van der Waals surface area contributed by atoms with Crippen molar-refractivity contribution in [3.63, 3.8) is 0 Å². The maximum Gasteiger partial charge on any atom is 0.416 e. The molecule has 6 heteroatoms. The highest BCUT2D eigenvalue weighted by molar-refractivity contribution is 5.79. The quantitative estimate of drug-likeness (QED) is 0.893. The van der Waals surface area contributed by atoms with Crippen molar-refractivity contribution in [1.82, 2.24) is 5.32 Å². The first-order valence-electron chi connectivity index (χ1n) is 7.95. The van der Waals surface area contributed by atoms with Crippen LogP contribution in [0.5, 0.6) is 0 Å². The Labute approximate surface area is 132 Å². The van der Waals surface area contributed by atoms with Crippen LogP contribution >= 0.6 is 0 Å². The van der Waals surface area contributed by atoms with E-state index in [0.717, 1.165) is 31.4 Å². The lowest BCUT2D eigenvalue weighted by molar-refractivity contribution is -0.137. The van der Waals surface area contributed by atoms with E-state index in [0.29, 0.717) is 17.4 Å². The van der Waals surface area contributed by atoms with E-state index in [2.05, 4.69) is 5.32 Å². The van der Waals surface area contributed by atoms with Gasteiger partial charge in [-0.05, 0) is 48.8 Å². The smallest absolute Gasteiger partial charge is 0.396 e. The van der Waals surface area contributed by atoms with E-state index >= 15 is 0 Å². The number of fused-ring (bicyclic) bond motifs is 2. The summed E-state index contributed by atoms with van der Waals surface area (Å²) in [5, 5.41) is 12.5. The van der Waals surface area contributed by atoms with Gasteiger partial charge in [0, 0.05) is 18.6 Å². The number of nitrogens with one attached hydrogen (secondary N) is 1. The van der Waals surface area contributed by atoms with Crippen molar-refractivity contribution in [2.75, 3.05) is 6.61 Å². The van der Waals surface area contributed by atoms with Gasteiger partial charge in [-0.1, -0.05) is 12.1 Å². The van der Waals surface area contributed by atoms with Crippen LogP contribution < -0.4 is 5.32 Å². The highest BCUT2D eigenvalue weighted by Crippen LogP contribution is 2.48. The largest absolute Gasteiger partial charge is 0.416 e. The second kappa shape index (κ2) is 6.15. The number of carbonyl (C=O) groups excluding carboxylic acids is 1. The molecule has 3 rings (SSSR count). The van der Waals surface area contributed by atoms with Crippen molar-refractivity contribution in [1.29, 1.82) is 0 Å². The summed E-state index contributed by atoms with van der Waals surface area (Å²) in [5.41, 5.74) is -0.158. The number of amides is 1. The van der Waals surface area contributed by atoms with Crippen LogP contribution in [0, 0.1) is 17.8 Å². The van der Waals surface area contributed by atoms with Gasteiger partial charge in [0.2, 0.25) is 5.91 Å². The topological polar surface area (TPSA) is 49.3 Å². The van der Waals surface area contributed by atoms with Crippen LogP contribution in [-0.4, -0.2) is 23.7 Å². The number of halogens is 3. The van der Waals surface area contributed by atoms with Crippen LogP contribution in [0.25, 0.3) is 0 Å². The maximum absolute atomic E-state index is 12.5. The molecule has 4 unspecified atom stereocenters. The van der Waals surface area contributed by atoms with E-state index < -0.39 is 11.7 Å². The molecule has 2 aliphatic rings. The molecule has 2 bridgehead atoms. The molecule has 1 aromatic carbocycles. The molecular formula is C17H20F3NO2. The Hall–Kier alpha value is -1.56. The summed E-state index contributed by atoms with van der Waals surface area (Å²) in [6, 6.07) is 4.67. The van der Waals surface area contributed by atoms with Crippen LogP contribution in [-0.2, 0) is 17.4 Å². The molecule has 3 nitrogen and oxygen atoms in total. The third-order valence-corrected chi connectivity index (χ3v) is 5.27. The van der Waals surface area contributed by atoms with Crippen molar-refractivity contribution in [2.45, 2.75) is 37.9 Å². The van der Waals surface area contributed by atoms with E-state index in [1.54, 1.807) is 0 Å². The van der Waals surface area contributed by atoms with Gasteiger partial charge in [0.05, 0.1) is 12.0 Å². The summed E-state index contributed by atoms with van der Waals surface area (Å²) < 4.78 is 37.6. The normalized spacial score (nSPS) is 29.7. The number of alkyl halides is 3. The molecule has 0 saturated heterocycles. The molecule has 0 radical (unpaired) electrons. The van der Waals surface area contributed by atoms with Crippen LogP contribution in [0.15, 0.2) is 24.3 Å². The van der Waals surface area contributed by atoms with Crippen molar-refractivity contribution < 1.29 is 23.1 Å². The standard InChI is InChI=1S/C17H20F3NO2/c18-17(19,20)13-5-1-10(2-6-13)7-15(23)21-16-12-4-3-11(8-12)14(16)9-22/h1-2,5-6,11-12,14,16,22H,3-4,7-9H2,(H,21,23). The number of hydrogen-bond acceptors (Lipinski definition) is 2. The summed E-state index contributed by atoms with van der Waals surface area (Å²) in [7, 11) is 0. The molecule has 0 heterocycles. The Balaban J connectivity index is 1.59. The van der Waals surface area contributed by atoms with Gasteiger partial charge in [0.15, 0.2) is 0 Å². The molecule has 2 saturated carbocycles. The average molecular weight is 327 g/mol. The van der Waals surface area contributed by atoms with E-state index in [1.165, 1.54) is 12.1 Å². The van der Waals surface area contributed by atoms with E-state index in [4.69, 9.17) is 0 Å². The molecule has 1 amide bonds. The summed E-state index contributed by atoms with van der Waals surface area (Å²) >= 11 is 0. The lowest BCUT2D eigenvalue weighted by Crippen LogP contribution is -2.45. The Kier molecular flexibility index (Phi) is 4.36. The van der Waals surface area contributed by atoms with E-state index in [9.17, 15) is 23.1 Å². The van der Waals surface area contributed by atoms with Gasteiger partial charge >= 0.3 is 6.18 Å². The number of aliphatic hydroxyl groups is 1. The minimum absolute atomic E-state index is 0.000647. The molecule has 2 aliphatic carbocycles. The maximum atomic E-state index is 12.5. The molecule has 126 valence electrons. The molecule has 4 atom stereocenters. The number of aliphatic hydroxyl groups excluding tert-OH is 1. The van der Waals surface area contributed by atoms with Crippen molar-refractivity contribution in [2.24, 2.45) is 17.8 Å². The first-order chi connectivity index (χ1) is 10.9. The van der Waals surface area contributed by atoms with Gasteiger partial charge in [-0.3, -0.25) is 4.79 Å². The highest BCUT2D eigenvalue weighted by atomic mass is 19.4. The average Bonchev–Trinajstić information content (AvgIpc) is 3.07. The van der Waals surface area contributed by atoms with Gasteiger partial charge < -0.3 is 10.4 Å². The second-order valence-electron chi connectivity index (χ2n) is 6.64. The predicted octanol–water partition coefficient (Wildman–Crippen LogP) is 2.77.